The largest absolute Gasteiger partial charge is 0.379 e. The number of ether oxygens (including phenoxy) is 1. The minimum atomic E-state index is 0.00142. The summed E-state index contributed by atoms with van der Waals surface area (Å²) in [5.74, 6) is 0.236. The van der Waals surface area contributed by atoms with Gasteiger partial charge in [0.2, 0.25) is 0 Å². The Bertz CT molecular complexity index is 770. The summed E-state index contributed by atoms with van der Waals surface area (Å²) in [4.78, 5) is 25.9. The van der Waals surface area contributed by atoms with E-state index in [1.54, 1.807) is 0 Å². The predicted octanol–water partition coefficient (Wildman–Crippen LogP) is 1.03. The van der Waals surface area contributed by atoms with Crippen LogP contribution in [-0.4, -0.2) is 133 Å². The molecule has 0 spiro atoms. The first-order valence-corrected chi connectivity index (χ1v) is 13.4. The average Bonchev–Trinajstić information content (AvgIpc) is 3.79. The summed E-state index contributed by atoms with van der Waals surface area (Å²) in [6, 6.07) is 1.66. The van der Waals surface area contributed by atoms with Crippen molar-refractivity contribution >= 4 is 5.91 Å². The van der Waals surface area contributed by atoms with E-state index in [9.17, 15) is 4.79 Å². The maximum absolute atomic E-state index is 13.3. The van der Waals surface area contributed by atoms with Crippen molar-refractivity contribution in [1.82, 2.24) is 24.5 Å². The number of hydrogen-bond acceptors (Lipinski definition) is 6. The van der Waals surface area contributed by atoms with Gasteiger partial charge in [0, 0.05) is 89.6 Å². The lowest BCUT2D eigenvalue weighted by Gasteiger charge is -2.49. The van der Waals surface area contributed by atoms with Crippen molar-refractivity contribution in [3.05, 3.63) is 23.8 Å². The normalized spacial score (nSPS) is 33.3. The zero-order valence-electron chi connectivity index (χ0n) is 20.2. The Labute approximate surface area is 199 Å². The molecule has 3 aliphatic heterocycles. The molecule has 7 nitrogen and oxygen atoms in total. The van der Waals surface area contributed by atoms with Crippen LogP contribution in [0.4, 0.5) is 0 Å². The van der Waals surface area contributed by atoms with Gasteiger partial charge < -0.3 is 9.64 Å². The summed E-state index contributed by atoms with van der Waals surface area (Å²) in [5.41, 5.74) is 0.908. The Morgan fingerprint density at radius 3 is 2.00 bits per heavy atom. The van der Waals surface area contributed by atoms with Gasteiger partial charge in [-0.3, -0.25) is 24.4 Å². The third-order valence-electron chi connectivity index (χ3n) is 8.77. The highest BCUT2D eigenvalue weighted by Crippen LogP contribution is 2.34. The lowest BCUT2D eigenvalue weighted by Crippen LogP contribution is -2.61. The van der Waals surface area contributed by atoms with Crippen molar-refractivity contribution in [1.29, 1.82) is 0 Å². The van der Waals surface area contributed by atoms with Gasteiger partial charge >= 0.3 is 0 Å². The van der Waals surface area contributed by atoms with Gasteiger partial charge in [0.15, 0.2) is 0 Å². The van der Waals surface area contributed by atoms with Crippen LogP contribution >= 0.6 is 0 Å². The molecule has 0 bridgehead atoms. The molecule has 3 saturated heterocycles. The van der Waals surface area contributed by atoms with Crippen LogP contribution in [0.1, 0.15) is 32.1 Å². The summed E-state index contributed by atoms with van der Waals surface area (Å²) in [7, 11) is 0. The van der Waals surface area contributed by atoms with Gasteiger partial charge in [-0.2, -0.15) is 0 Å². The van der Waals surface area contributed by atoms with Crippen LogP contribution in [0.5, 0.6) is 0 Å². The maximum atomic E-state index is 13.3. The highest BCUT2D eigenvalue weighted by Gasteiger charge is 2.41. The van der Waals surface area contributed by atoms with Gasteiger partial charge in [0.05, 0.1) is 18.8 Å². The lowest BCUT2D eigenvalue weighted by molar-refractivity contribution is -0.128. The zero-order chi connectivity index (χ0) is 22.3. The SMILES string of the molecule is O=C(C1=CCC(CN2CCOCC2)(N2CCN(C3CC3)CC2)C=C1)N1CCN(C2CC2)CC1. The molecule has 0 aromatic heterocycles. The third kappa shape index (κ3) is 4.94. The molecule has 6 rings (SSSR count). The maximum Gasteiger partial charge on any atom is 0.253 e. The van der Waals surface area contributed by atoms with Crippen molar-refractivity contribution in [3.8, 4) is 0 Å². The van der Waals surface area contributed by atoms with Crippen molar-refractivity contribution in [2.24, 2.45) is 0 Å². The Kier molecular flexibility index (Phi) is 6.35. The topological polar surface area (TPSA) is 42.5 Å². The van der Waals surface area contributed by atoms with Crippen LogP contribution < -0.4 is 0 Å². The molecular formula is C26H41N5O2. The molecule has 1 amide bonds. The fraction of sp³-hybridized carbons (Fsp3) is 0.808. The molecule has 0 aromatic carbocycles. The van der Waals surface area contributed by atoms with Gasteiger partial charge in [-0.25, -0.2) is 0 Å². The number of piperazine rings is 2. The smallest absolute Gasteiger partial charge is 0.253 e. The average molecular weight is 456 g/mol. The summed E-state index contributed by atoms with van der Waals surface area (Å²) in [6.07, 6.45) is 13.2. The molecule has 5 fully saturated rings. The Hall–Kier alpha value is -1.25. The molecule has 0 N–H and O–H groups in total. The van der Waals surface area contributed by atoms with Gasteiger partial charge in [0.1, 0.15) is 0 Å². The molecule has 7 heteroatoms. The molecule has 33 heavy (non-hydrogen) atoms. The van der Waals surface area contributed by atoms with Crippen LogP contribution in [0, 0.1) is 0 Å². The minimum Gasteiger partial charge on any atom is -0.379 e. The van der Waals surface area contributed by atoms with Crippen LogP contribution in [0.3, 0.4) is 0 Å². The Balaban J connectivity index is 1.12. The Morgan fingerprint density at radius 1 is 0.848 bits per heavy atom. The number of nitrogens with zero attached hydrogens (tertiary/aromatic N) is 5. The van der Waals surface area contributed by atoms with Gasteiger partial charge in [-0.1, -0.05) is 18.2 Å². The van der Waals surface area contributed by atoms with E-state index < -0.39 is 0 Å². The van der Waals surface area contributed by atoms with Crippen LogP contribution in [0.15, 0.2) is 23.8 Å². The van der Waals surface area contributed by atoms with E-state index in [2.05, 4.69) is 42.7 Å². The summed E-state index contributed by atoms with van der Waals surface area (Å²) < 4.78 is 5.61. The number of rotatable bonds is 6. The van der Waals surface area contributed by atoms with Crippen molar-refractivity contribution in [2.45, 2.75) is 49.7 Å². The molecule has 6 aliphatic rings. The molecule has 3 aliphatic carbocycles. The number of morpholine rings is 1. The van der Waals surface area contributed by atoms with E-state index in [0.29, 0.717) is 0 Å². The Morgan fingerprint density at radius 2 is 1.45 bits per heavy atom. The van der Waals surface area contributed by atoms with Crippen molar-refractivity contribution < 1.29 is 9.53 Å². The summed E-state index contributed by atoms with van der Waals surface area (Å²) in [5, 5.41) is 0. The van der Waals surface area contributed by atoms with E-state index in [0.717, 1.165) is 96.2 Å². The molecule has 3 heterocycles. The molecule has 2 saturated carbocycles. The van der Waals surface area contributed by atoms with E-state index in [-0.39, 0.29) is 11.4 Å². The molecule has 0 aromatic rings. The van der Waals surface area contributed by atoms with E-state index in [1.807, 2.05) is 0 Å². The van der Waals surface area contributed by atoms with Crippen molar-refractivity contribution in [3.63, 3.8) is 0 Å². The van der Waals surface area contributed by atoms with Crippen LogP contribution in [0.2, 0.25) is 0 Å². The first-order valence-electron chi connectivity index (χ1n) is 13.4. The summed E-state index contributed by atoms with van der Waals surface area (Å²) >= 11 is 0. The molecule has 182 valence electrons. The van der Waals surface area contributed by atoms with Crippen molar-refractivity contribution in [2.75, 3.05) is 85.2 Å². The lowest BCUT2D eigenvalue weighted by atomic mass is 9.85. The number of carbonyl (C=O) groups excluding carboxylic acids is 1. The van der Waals surface area contributed by atoms with Crippen LogP contribution in [0.25, 0.3) is 0 Å². The molecule has 1 unspecified atom stereocenters. The first-order chi connectivity index (χ1) is 16.2. The van der Waals surface area contributed by atoms with Gasteiger partial charge in [0.25, 0.3) is 5.91 Å². The first kappa shape index (κ1) is 22.2. The second-order valence-electron chi connectivity index (χ2n) is 11.0. The van der Waals surface area contributed by atoms with Crippen LogP contribution in [-0.2, 0) is 9.53 Å². The minimum absolute atomic E-state index is 0.00142. The molecule has 1 atom stereocenters. The summed E-state index contributed by atoms with van der Waals surface area (Å²) in [6.45, 7) is 13.2. The second kappa shape index (κ2) is 9.42. The molecular weight excluding hydrogens is 414 g/mol. The second-order valence-corrected chi connectivity index (χ2v) is 11.0. The number of hydrogen-bond donors (Lipinski definition) is 0. The van der Waals surface area contributed by atoms with Gasteiger partial charge in [-0.05, 0) is 32.1 Å². The van der Waals surface area contributed by atoms with E-state index >= 15 is 0 Å². The van der Waals surface area contributed by atoms with E-state index in [4.69, 9.17) is 4.74 Å². The zero-order valence-corrected chi connectivity index (χ0v) is 20.2. The highest BCUT2D eigenvalue weighted by atomic mass is 16.5. The van der Waals surface area contributed by atoms with E-state index in [1.165, 1.54) is 38.8 Å². The third-order valence-corrected chi connectivity index (χ3v) is 8.77. The quantitative estimate of drug-likeness (QED) is 0.596. The molecule has 0 radical (unpaired) electrons. The fourth-order valence-corrected chi connectivity index (χ4v) is 6.31. The standard InChI is InChI=1S/C26H41N5O2/c32-25(30-11-9-28(10-12-30)23-1-2-23)22-5-7-26(8-6-22,21-27-17-19-33-20-18-27)31-15-13-29(14-16-31)24-3-4-24/h5-7,23-24H,1-4,8-21H2. The monoisotopic (exact) mass is 455 g/mol. The number of amides is 1. The fourth-order valence-electron chi connectivity index (χ4n) is 6.31. The number of carbonyl (C=O) groups is 1. The van der Waals surface area contributed by atoms with Gasteiger partial charge in [-0.15, -0.1) is 0 Å². The highest BCUT2D eigenvalue weighted by molar-refractivity contribution is 5.96. The predicted molar refractivity (Wildman–Crippen MR) is 129 cm³/mol.